The number of hydrogen-bond acceptors (Lipinski definition) is 9. The average molecular weight is 662 g/mol. The van der Waals surface area contributed by atoms with Gasteiger partial charge in [0.25, 0.3) is 11.2 Å². The standard InChI is InChI=1S/C37H31N3O7S/c1-44-29-16-14-24(17-30(29)45-2)35-27-15-13-23-11-7-8-12-26(23)34(27)38-37-39(35)36(41)33(48-37)19-25-18-31(46-3)32(20-28(25)40(42)43)47-21-22-9-5-4-6-10-22/h4-12,14,16-20,35H,13,15,21H2,1-3H3/b33-19-/t35-/m0/s1. The highest BCUT2D eigenvalue weighted by Gasteiger charge is 2.33. The van der Waals surface area contributed by atoms with E-state index in [4.69, 9.17) is 23.9 Å². The monoisotopic (exact) mass is 661 g/mol. The Hall–Kier alpha value is -5.68. The van der Waals surface area contributed by atoms with E-state index in [9.17, 15) is 14.9 Å². The van der Waals surface area contributed by atoms with Crippen molar-refractivity contribution in [3.8, 4) is 23.0 Å². The number of nitrogens with zero attached hydrogens (tertiary/aromatic N) is 3. The molecule has 11 heteroatoms. The summed E-state index contributed by atoms with van der Waals surface area (Å²) < 4.78 is 24.6. The van der Waals surface area contributed by atoms with Crippen molar-refractivity contribution >= 4 is 28.8 Å². The van der Waals surface area contributed by atoms with Crippen molar-refractivity contribution < 1.29 is 23.9 Å². The maximum absolute atomic E-state index is 14.3. The quantitative estimate of drug-likeness (QED) is 0.144. The second kappa shape index (κ2) is 12.8. The molecule has 2 heterocycles. The fraction of sp³-hybridized carbons (Fsp3) is 0.189. The van der Waals surface area contributed by atoms with E-state index in [1.165, 1.54) is 42.2 Å². The predicted molar refractivity (Wildman–Crippen MR) is 183 cm³/mol. The van der Waals surface area contributed by atoms with Crippen LogP contribution in [0.1, 0.15) is 40.3 Å². The number of hydrogen-bond donors (Lipinski definition) is 0. The Labute approximate surface area is 279 Å². The first-order chi connectivity index (χ1) is 23.4. The molecule has 7 rings (SSSR count). The van der Waals surface area contributed by atoms with Crippen molar-refractivity contribution in [1.29, 1.82) is 0 Å². The minimum atomic E-state index is -0.486. The van der Waals surface area contributed by atoms with Crippen LogP contribution in [0, 0.1) is 10.1 Å². The van der Waals surface area contributed by atoms with Crippen LogP contribution in [0.2, 0.25) is 0 Å². The van der Waals surface area contributed by atoms with Gasteiger partial charge in [-0.2, -0.15) is 0 Å². The van der Waals surface area contributed by atoms with E-state index in [0.29, 0.717) is 33.0 Å². The molecular weight excluding hydrogens is 630 g/mol. The van der Waals surface area contributed by atoms with E-state index in [1.807, 2.05) is 60.7 Å². The molecule has 2 aliphatic rings. The van der Waals surface area contributed by atoms with E-state index in [0.717, 1.165) is 34.4 Å². The summed E-state index contributed by atoms with van der Waals surface area (Å²) in [6.45, 7) is 0.205. The molecule has 1 aliphatic heterocycles. The molecule has 0 amide bonds. The number of aryl methyl sites for hydroxylation is 1. The Kier molecular flexibility index (Phi) is 8.28. The van der Waals surface area contributed by atoms with Crippen LogP contribution in [0.25, 0.3) is 11.8 Å². The van der Waals surface area contributed by atoms with E-state index in [2.05, 4.69) is 12.1 Å². The number of allylic oxidation sites excluding steroid dienone is 1. The fourth-order valence-electron chi connectivity index (χ4n) is 6.33. The summed E-state index contributed by atoms with van der Waals surface area (Å²) in [5.41, 5.74) is 5.54. The SMILES string of the molecule is COc1ccc([C@H]2C3=C(N=c4s/c(=C\c5cc(OC)c(OCc6ccccc6)cc5[N+](=O)[O-])c(=O)n42)c2ccccc2CC3)cc1OC. The molecule has 1 aromatic heterocycles. The van der Waals surface area contributed by atoms with E-state index < -0.39 is 11.0 Å². The minimum Gasteiger partial charge on any atom is -0.493 e. The van der Waals surface area contributed by atoms with E-state index in [-0.39, 0.29) is 29.2 Å². The third-order valence-electron chi connectivity index (χ3n) is 8.63. The summed E-state index contributed by atoms with van der Waals surface area (Å²) in [7, 11) is 4.63. The number of thiazole rings is 1. The lowest BCUT2D eigenvalue weighted by atomic mass is 9.83. The first kappa shape index (κ1) is 30.9. The Morgan fingerprint density at radius 2 is 1.62 bits per heavy atom. The first-order valence-corrected chi connectivity index (χ1v) is 16.1. The number of benzene rings is 4. The van der Waals surface area contributed by atoms with Crippen molar-refractivity contribution in [3.05, 3.63) is 148 Å². The van der Waals surface area contributed by atoms with Gasteiger partial charge in [-0.25, -0.2) is 4.99 Å². The molecule has 0 fully saturated rings. The van der Waals surface area contributed by atoms with Gasteiger partial charge in [0.05, 0.1) is 54.2 Å². The van der Waals surface area contributed by atoms with Gasteiger partial charge in [0.2, 0.25) is 0 Å². The molecule has 10 nitrogen and oxygen atoms in total. The summed E-state index contributed by atoms with van der Waals surface area (Å²) in [5.74, 6) is 1.66. The third-order valence-corrected chi connectivity index (χ3v) is 9.61. The van der Waals surface area contributed by atoms with Gasteiger partial charge in [-0.3, -0.25) is 19.5 Å². The number of nitro benzene ring substituents is 1. The van der Waals surface area contributed by atoms with Crippen LogP contribution in [-0.4, -0.2) is 30.8 Å². The van der Waals surface area contributed by atoms with Crippen LogP contribution < -0.4 is 33.8 Å². The van der Waals surface area contributed by atoms with Gasteiger partial charge >= 0.3 is 0 Å². The van der Waals surface area contributed by atoms with Crippen LogP contribution in [0.5, 0.6) is 23.0 Å². The summed E-state index contributed by atoms with van der Waals surface area (Å²) in [4.78, 5) is 31.7. The summed E-state index contributed by atoms with van der Waals surface area (Å²) >= 11 is 1.19. The zero-order valence-corrected chi connectivity index (χ0v) is 27.3. The Bertz CT molecular complexity index is 2270. The number of aromatic nitrogens is 1. The van der Waals surface area contributed by atoms with Crippen LogP contribution >= 0.6 is 11.3 Å². The average Bonchev–Trinajstić information content (AvgIpc) is 3.43. The Morgan fingerprint density at radius 3 is 2.38 bits per heavy atom. The Morgan fingerprint density at radius 1 is 0.896 bits per heavy atom. The van der Waals surface area contributed by atoms with E-state index >= 15 is 0 Å². The summed E-state index contributed by atoms with van der Waals surface area (Å²) in [6, 6.07) is 25.7. The van der Waals surface area contributed by atoms with Crippen molar-refractivity contribution in [1.82, 2.24) is 4.57 Å². The Balaban J connectivity index is 1.39. The lowest BCUT2D eigenvalue weighted by molar-refractivity contribution is -0.385. The number of fused-ring (bicyclic) bond motifs is 3. The molecule has 1 atom stereocenters. The van der Waals surface area contributed by atoms with Gasteiger partial charge in [-0.1, -0.05) is 72.0 Å². The molecule has 0 bridgehead atoms. The highest BCUT2D eigenvalue weighted by Crippen LogP contribution is 2.43. The molecule has 0 radical (unpaired) electrons. The molecule has 48 heavy (non-hydrogen) atoms. The lowest BCUT2D eigenvalue weighted by Crippen LogP contribution is -2.38. The number of nitro groups is 1. The van der Waals surface area contributed by atoms with Gasteiger partial charge in [-0.05, 0) is 59.4 Å². The van der Waals surface area contributed by atoms with Gasteiger partial charge in [0, 0.05) is 5.56 Å². The number of methoxy groups -OCH3 is 3. The largest absolute Gasteiger partial charge is 0.493 e. The molecule has 0 spiro atoms. The van der Waals surface area contributed by atoms with Crippen LogP contribution in [0.15, 0.2) is 100 Å². The van der Waals surface area contributed by atoms with Crippen LogP contribution in [0.3, 0.4) is 0 Å². The smallest absolute Gasteiger partial charge is 0.280 e. The molecule has 5 aromatic rings. The predicted octanol–water partition coefficient (Wildman–Crippen LogP) is 5.83. The van der Waals surface area contributed by atoms with Crippen molar-refractivity contribution in [2.45, 2.75) is 25.5 Å². The van der Waals surface area contributed by atoms with Crippen molar-refractivity contribution in [2.24, 2.45) is 4.99 Å². The second-order valence-corrected chi connectivity index (χ2v) is 12.3. The van der Waals surface area contributed by atoms with E-state index in [1.54, 1.807) is 18.8 Å². The fourth-order valence-corrected chi connectivity index (χ4v) is 7.32. The third kappa shape index (κ3) is 5.51. The number of ether oxygens (including phenoxy) is 4. The molecular formula is C37H31N3O7S. The molecule has 0 N–H and O–H groups in total. The zero-order valence-electron chi connectivity index (χ0n) is 26.5. The molecule has 242 valence electrons. The zero-order chi connectivity index (χ0) is 33.4. The van der Waals surface area contributed by atoms with Crippen molar-refractivity contribution in [2.75, 3.05) is 21.3 Å². The summed E-state index contributed by atoms with van der Waals surface area (Å²) in [6.07, 6.45) is 3.06. The molecule has 4 aromatic carbocycles. The normalized spacial score (nSPS) is 15.1. The summed E-state index contributed by atoms with van der Waals surface area (Å²) in [5, 5.41) is 12.3. The number of rotatable bonds is 9. The van der Waals surface area contributed by atoms with Crippen molar-refractivity contribution in [3.63, 3.8) is 0 Å². The first-order valence-electron chi connectivity index (χ1n) is 15.3. The molecule has 1 aliphatic carbocycles. The maximum Gasteiger partial charge on any atom is 0.280 e. The second-order valence-electron chi connectivity index (χ2n) is 11.3. The highest BCUT2D eigenvalue weighted by molar-refractivity contribution is 7.07. The molecule has 0 saturated heterocycles. The molecule has 0 unspecified atom stereocenters. The van der Waals surface area contributed by atoms with Gasteiger partial charge in [0.15, 0.2) is 27.8 Å². The maximum atomic E-state index is 14.3. The topological polar surface area (TPSA) is 114 Å². The van der Waals surface area contributed by atoms with Crippen LogP contribution in [0.4, 0.5) is 5.69 Å². The highest BCUT2D eigenvalue weighted by atomic mass is 32.1. The van der Waals surface area contributed by atoms with Gasteiger partial charge < -0.3 is 18.9 Å². The lowest BCUT2D eigenvalue weighted by Gasteiger charge is -2.31. The van der Waals surface area contributed by atoms with Gasteiger partial charge in [-0.15, -0.1) is 0 Å². The molecule has 0 saturated carbocycles. The van der Waals surface area contributed by atoms with Crippen LogP contribution in [-0.2, 0) is 13.0 Å². The minimum absolute atomic E-state index is 0.205. The van der Waals surface area contributed by atoms with Gasteiger partial charge in [0.1, 0.15) is 6.61 Å².